The van der Waals surface area contributed by atoms with Gasteiger partial charge in [0.15, 0.2) is 0 Å². The van der Waals surface area contributed by atoms with Crippen molar-refractivity contribution in [2.45, 2.75) is 13.0 Å². The van der Waals surface area contributed by atoms with E-state index >= 15 is 0 Å². The number of nitro groups is 1. The van der Waals surface area contributed by atoms with Gasteiger partial charge in [-0.1, -0.05) is 0 Å². The first kappa shape index (κ1) is 13.7. The minimum Gasteiger partial charge on any atom is -0.377 e. The molecule has 7 heteroatoms. The monoisotopic (exact) mass is 269 g/mol. The zero-order valence-electron chi connectivity index (χ0n) is 10.6. The van der Waals surface area contributed by atoms with Gasteiger partial charge in [0.25, 0.3) is 5.69 Å². The molecule has 0 bridgehead atoms. The minimum atomic E-state index is -0.519. The molecule has 2 rings (SSSR count). The van der Waals surface area contributed by atoms with Gasteiger partial charge in [-0.3, -0.25) is 10.1 Å². The highest BCUT2D eigenvalue weighted by molar-refractivity contribution is 5.63. The van der Waals surface area contributed by atoms with Crippen molar-refractivity contribution >= 4 is 11.4 Å². The van der Waals surface area contributed by atoms with Gasteiger partial charge in [-0.15, -0.1) is 0 Å². The number of hydrogen-bond donors (Lipinski definition) is 2. The van der Waals surface area contributed by atoms with E-state index in [1.807, 2.05) is 0 Å². The highest BCUT2D eigenvalue weighted by Crippen LogP contribution is 2.27. The Morgan fingerprint density at radius 1 is 1.63 bits per heavy atom. The van der Waals surface area contributed by atoms with Crippen molar-refractivity contribution in [1.82, 2.24) is 5.32 Å². The van der Waals surface area contributed by atoms with Gasteiger partial charge in [0.2, 0.25) is 0 Å². The van der Waals surface area contributed by atoms with E-state index in [-0.39, 0.29) is 23.0 Å². The summed E-state index contributed by atoms with van der Waals surface area (Å²) in [6, 6.07) is 2.39. The number of nitrogens with zero attached hydrogens (tertiary/aromatic N) is 1. The maximum atomic E-state index is 13.5. The Morgan fingerprint density at radius 3 is 3.05 bits per heavy atom. The zero-order valence-corrected chi connectivity index (χ0v) is 10.6. The Hall–Kier alpha value is -1.73. The lowest BCUT2D eigenvalue weighted by Crippen LogP contribution is -2.42. The van der Waals surface area contributed by atoms with Crippen molar-refractivity contribution in [3.63, 3.8) is 0 Å². The molecule has 0 aromatic heterocycles. The lowest BCUT2D eigenvalue weighted by Gasteiger charge is -2.24. The smallest absolute Gasteiger partial charge is 0.292 e. The Labute approximate surface area is 110 Å². The molecule has 1 aromatic carbocycles. The summed E-state index contributed by atoms with van der Waals surface area (Å²) in [6.45, 7) is 3.98. The third-order valence-corrected chi connectivity index (χ3v) is 3.00. The fourth-order valence-corrected chi connectivity index (χ4v) is 1.93. The van der Waals surface area contributed by atoms with Crippen LogP contribution in [0.1, 0.15) is 5.56 Å². The van der Waals surface area contributed by atoms with Crippen LogP contribution in [0, 0.1) is 22.9 Å². The number of benzene rings is 1. The molecule has 0 aliphatic carbocycles. The summed E-state index contributed by atoms with van der Waals surface area (Å²) in [5.74, 6) is -0.462. The standard InChI is InChI=1S/C12H16FN3O3/c1-8-4-12(16(17)18)11(5-10(8)13)15-7-9-6-14-2-3-19-9/h4-5,9,14-15H,2-3,6-7H2,1H3. The van der Waals surface area contributed by atoms with E-state index in [4.69, 9.17) is 4.74 Å². The second-order valence-corrected chi connectivity index (χ2v) is 4.45. The molecule has 0 radical (unpaired) electrons. The summed E-state index contributed by atoms with van der Waals surface area (Å²) in [7, 11) is 0. The number of nitrogens with one attached hydrogen (secondary N) is 2. The van der Waals surface area contributed by atoms with E-state index in [0.29, 0.717) is 19.7 Å². The molecule has 0 amide bonds. The van der Waals surface area contributed by atoms with Crippen molar-refractivity contribution < 1.29 is 14.1 Å². The number of halogens is 1. The zero-order chi connectivity index (χ0) is 13.8. The Balaban J connectivity index is 2.09. The maximum absolute atomic E-state index is 13.5. The number of rotatable bonds is 4. The van der Waals surface area contributed by atoms with E-state index in [9.17, 15) is 14.5 Å². The van der Waals surface area contributed by atoms with Gasteiger partial charge in [-0.25, -0.2) is 4.39 Å². The molecule has 1 atom stereocenters. The molecule has 1 unspecified atom stereocenters. The first-order valence-electron chi connectivity index (χ1n) is 6.08. The highest BCUT2D eigenvalue weighted by Gasteiger charge is 2.19. The van der Waals surface area contributed by atoms with Gasteiger partial charge < -0.3 is 15.4 Å². The van der Waals surface area contributed by atoms with Crippen molar-refractivity contribution in [3.8, 4) is 0 Å². The molecule has 1 heterocycles. The third-order valence-electron chi connectivity index (χ3n) is 3.00. The molecule has 0 saturated carbocycles. The van der Waals surface area contributed by atoms with Crippen molar-refractivity contribution in [1.29, 1.82) is 0 Å². The van der Waals surface area contributed by atoms with Crippen LogP contribution in [0.3, 0.4) is 0 Å². The van der Waals surface area contributed by atoms with Gasteiger partial charge in [0, 0.05) is 31.8 Å². The largest absolute Gasteiger partial charge is 0.377 e. The van der Waals surface area contributed by atoms with Gasteiger partial charge in [0.1, 0.15) is 11.5 Å². The normalized spacial score (nSPS) is 19.2. The van der Waals surface area contributed by atoms with Crippen molar-refractivity contribution in [2.24, 2.45) is 0 Å². The molecule has 1 fully saturated rings. The highest BCUT2D eigenvalue weighted by atomic mass is 19.1. The van der Waals surface area contributed by atoms with Crippen LogP contribution in [0.15, 0.2) is 12.1 Å². The number of hydrogen-bond acceptors (Lipinski definition) is 5. The summed E-state index contributed by atoms with van der Waals surface area (Å²) in [6.07, 6.45) is -0.0716. The molecule has 2 N–H and O–H groups in total. The Kier molecular flexibility index (Phi) is 4.28. The summed E-state index contributed by atoms with van der Waals surface area (Å²) in [4.78, 5) is 10.4. The second kappa shape index (κ2) is 5.94. The van der Waals surface area contributed by atoms with Gasteiger partial charge >= 0.3 is 0 Å². The number of anilines is 1. The summed E-state index contributed by atoms with van der Waals surface area (Å²) < 4.78 is 18.9. The van der Waals surface area contributed by atoms with Gasteiger partial charge in [0.05, 0.1) is 17.6 Å². The topological polar surface area (TPSA) is 76.4 Å². The number of morpholine rings is 1. The number of aryl methyl sites for hydroxylation is 1. The molecule has 19 heavy (non-hydrogen) atoms. The Morgan fingerprint density at radius 2 is 2.42 bits per heavy atom. The van der Waals surface area contributed by atoms with Crippen LogP contribution in [0.5, 0.6) is 0 Å². The first-order chi connectivity index (χ1) is 9.08. The number of nitro benzene ring substituents is 1. The minimum absolute atomic E-state index is 0.0716. The summed E-state index contributed by atoms with van der Waals surface area (Å²) >= 11 is 0. The predicted octanol–water partition coefficient (Wildman–Crippen LogP) is 1.44. The average molecular weight is 269 g/mol. The van der Waals surface area contributed by atoms with E-state index in [0.717, 1.165) is 12.6 Å². The van der Waals surface area contributed by atoms with E-state index < -0.39 is 10.7 Å². The fourth-order valence-electron chi connectivity index (χ4n) is 1.93. The maximum Gasteiger partial charge on any atom is 0.292 e. The van der Waals surface area contributed by atoms with E-state index in [1.165, 1.54) is 13.0 Å². The third kappa shape index (κ3) is 3.39. The van der Waals surface area contributed by atoms with Crippen LogP contribution in [0.2, 0.25) is 0 Å². The average Bonchev–Trinajstić information content (AvgIpc) is 2.40. The van der Waals surface area contributed by atoms with Crippen LogP contribution in [-0.2, 0) is 4.74 Å². The van der Waals surface area contributed by atoms with Crippen molar-refractivity contribution in [3.05, 3.63) is 33.6 Å². The SMILES string of the molecule is Cc1cc([N+](=O)[O-])c(NCC2CNCCO2)cc1F. The quantitative estimate of drug-likeness (QED) is 0.639. The first-order valence-corrected chi connectivity index (χ1v) is 6.08. The van der Waals surface area contributed by atoms with Crippen LogP contribution in [0.25, 0.3) is 0 Å². The predicted molar refractivity (Wildman–Crippen MR) is 68.9 cm³/mol. The molecule has 1 aliphatic rings. The van der Waals surface area contributed by atoms with Crippen LogP contribution in [-0.4, -0.2) is 37.3 Å². The second-order valence-electron chi connectivity index (χ2n) is 4.45. The van der Waals surface area contributed by atoms with Crippen molar-refractivity contribution in [2.75, 3.05) is 31.6 Å². The van der Waals surface area contributed by atoms with E-state index in [2.05, 4.69) is 10.6 Å². The van der Waals surface area contributed by atoms with Crippen LogP contribution in [0.4, 0.5) is 15.8 Å². The lowest BCUT2D eigenvalue weighted by atomic mass is 10.1. The molecule has 1 aliphatic heterocycles. The lowest BCUT2D eigenvalue weighted by molar-refractivity contribution is -0.384. The molecule has 0 spiro atoms. The summed E-state index contributed by atoms with van der Waals surface area (Å²) in [5, 5.41) is 17.0. The van der Waals surface area contributed by atoms with Gasteiger partial charge in [-0.2, -0.15) is 0 Å². The molecule has 6 nitrogen and oxygen atoms in total. The Bertz CT molecular complexity index is 476. The summed E-state index contributed by atoms with van der Waals surface area (Å²) in [5.41, 5.74) is 0.317. The van der Waals surface area contributed by atoms with E-state index in [1.54, 1.807) is 0 Å². The molecule has 1 saturated heterocycles. The molecule has 1 aromatic rings. The van der Waals surface area contributed by atoms with Crippen LogP contribution >= 0.6 is 0 Å². The van der Waals surface area contributed by atoms with Crippen LogP contribution < -0.4 is 10.6 Å². The molecular weight excluding hydrogens is 253 g/mol. The fraction of sp³-hybridized carbons (Fsp3) is 0.500. The molecular formula is C12H16FN3O3. The number of ether oxygens (including phenoxy) is 1. The van der Waals surface area contributed by atoms with Gasteiger partial charge in [-0.05, 0) is 12.5 Å². The molecule has 104 valence electrons.